The summed E-state index contributed by atoms with van der Waals surface area (Å²) in [6.07, 6.45) is 11.4. The highest BCUT2D eigenvalue weighted by atomic mass is 16.7. The van der Waals surface area contributed by atoms with Gasteiger partial charge in [0, 0.05) is 0 Å². The Kier molecular flexibility index (Phi) is 16.7. The molecule has 0 saturated heterocycles. The molecule has 0 atom stereocenters. The summed E-state index contributed by atoms with van der Waals surface area (Å²) in [7, 11) is 0. The van der Waals surface area contributed by atoms with Crippen LogP contribution in [0.1, 0.15) is 71.1 Å². The van der Waals surface area contributed by atoms with Crippen molar-refractivity contribution in [1.29, 1.82) is 0 Å². The van der Waals surface area contributed by atoms with Crippen LogP contribution in [0.15, 0.2) is 0 Å². The molecule has 0 aromatic heterocycles. The molecule has 0 rings (SSSR count). The molecule has 0 amide bonds. The van der Waals surface area contributed by atoms with Gasteiger partial charge in [0.2, 0.25) is 0 Å². The van der Waals surface area contributed by atoms with Gasteiger partial charge in [-0.2, -0.15) is 0 Å². The van der Waals surface area contributed by atoms with Crippen molar-refractivity contribution in [3.63, 3.8) is 0 Å². The maximum absolute atomic E-state index is 10.0. The van der Waals surface area contributed by atoms with Gasteiger partial charge in [-0.15, -0.1) is 0 Å². The lowest BCUT2D eigenvalue weighted by molar-refractivity contribution is 0.0899. The van der Waals surface area contributed by atoms with Crippen LogP contribution in [0, 0.1) is 0 Å². The van der Waals surface area contributed by atoms with Gasteiger partial charge in [0.15, 0.2) is 0 Å². The van der Waals surface area contributed by atoms with E-state index in [1.165, 1.54) is 51.4 Å². The highest BCUT2D eigenvalue weighted by Gasteiger charge is 1.96. The molecule has 4 N–H and O–H groups in total. The van der Waals surface area contributed by atoms with Crippen molar-refractivity contribution in [2.45, 2.75) is 71.1 Å². The summed E-state index contributed by atoms with van der Waals surface area (Å²) < 4.78 is 4.43. The molecule has 104 valence electrons. The number of ether oxygens (including phenoxy) is 1. The van der Waals surface area contributed by atoms with Crippen molar-refractivity contribution >= 4 is 6.16 Å². The monoisotopic (exact) mass is 247 g/mol. The first kappa shape index (κ1) is 18.6. The zero-order chi connectivity index (χ0) is 12.1. The molecular formula is C13H29NO3. The standard InChI is InChI=1S/C13H26O3.H3N/c1-2-3-4-5-6-7-8-9-10-11-12-16-13(14)15;/h2-12H2,1H3,(H,14,15);1H3. The molecule has 0 aromatic carbocycles. The predicted molar refractivity (Wildman–Crippen MR) is 70.8 cm³/mol. The maximum Gasteiger partial charge on any atom is 0.505 e. The molecule has 0 fully saturated rings. The van der Waals surface area contributed by atoms with E-state index in [2.05, 4.69) is 11.7 Å². The predicted octanol–water partition coefficient (Wildman–Crippen LogP) is 4.76. The van der Waals surface area contributed by atoms with E-state index in [1.807, 2.05) is 0 Å². The van der Waals surface area contributed by atoms with E-state index in [4.69, 9.17) is 5.11 Å². The first-order chi connectivity index (χ1) is 7.77. The number of hydrogen-bond donors (Lipinski definition) is 2. The quantitative estimate of drug-likeness (QED) is 0.407. The average molecular weight is 247 g/mol. The highest BCUT2D eigenvalue weighted by molar-refractivity contribution is 5.56. The number of rotatable bonds is 11. The van der Waals surface area contributed by atoms with Gasteiger partial charge >= 0.3 is 6.16 Å². The summed E-state index contributed by atoms with van der Waals surface area (Å²) in [6.45, 7) is 2.59. The molecule has 0 radical (unpaired) electrons. The van der Waals surface area contributed by atoms with Crippen LogP contribution in [-0.2, 0) is 4.74 Å². The summed E-state index contributed by atoms with van der Waals surface area (Å²) in [5, 5.41) is 8.23. The van der Waals surface area contributed by atoms with Gasteiger partial charge in [-0.05, 0) is 6.42 Å². The number of carboxylic acid groups (broad SMARTS) is 1. The van der Waals surface area contributed by atoms with Gasteiger partial charge in [0.1, 0.15) is 0 Å². The molecule has 0 aliphatic rings. The van der Waals surface area contributed by atoms with E-state index in [-0.39, 0.29) is 6.15 Å². The van der Waals surface area contributed by atoms with Crippen molar-refractivity contribution < 1.29 is 14.6 Å². The summed E-state index contributed by atoms with van der Waals surface area (Å²) in [5.74, 6) is 0. The number of carbonyl (C=O) groups is 1. The van der Waals surface area contributed by atoms with Gasteiger partial charge in [0.05, 0.1) is 6.61 Å². The second kappa shape index (κ2) is 15.2. The molecule has 0 aliphatic heterocycles. The third-order valence-electron chi connectivity index (χ3n) is 2.72. The topological polar surface area (TPSA) is 81.5 Å². The van der Waals surface area contributed by atoms with Crippen LogP contribution < -0.4 is 6.15 Å². The summed E-state index contributed by atoms with van der Waals surface area (Å²) in [5.41, 5.74) is 0. The Bertz CT molecular complexity index is 163. The van der Waals surface area contributed by atoms with Gasteiger partial charge in [-0.3, -0.25) is 0 Å². The van der Waals surface area contributed by atoms with Gasteiger partial charge in [-0.25, -0.2) is 4.79 Å². The van der Waals surface area contributed by atoms with Crippen molar-refractivity contribution in [1.82, 2.24) is 6.15 Å². The van der Waals surface area contributed by atoms with Crippen LogP contribution in [0.4, 0.5) is 4.79 Å². The molecule has 0 heterocycles. The number of hydrogen-bond acceptors (Lipinski definition) is 3. The van der Waals surface area contributed by atoms with Crippen molar-refractivity contribution in [2.24, 2.45) is 0 Å². The molecule has 0 aromatic rings. The second-order valence-electron chi connectivity index (χ2n) is 4.30. The van der Waals surface area contributed by atoms with Crippen molar-refractivity contribution in [2.75, 3.05) is 6.61 Å². The molecule has 0 spiro atoms. The molecule has 0 saturated carbocycles. The molecule has 0 aliphatic carbocycles. The Morgan fingerprint density at radius 2 is 1.29 bits per heavy atom. The molecule has 0 bridgehead atoms. The first-order valence-electron chi connectivity index (χ1n) is 6.63. The van der Waals surface area contributed by atoms with E-state index in [0.717, 1.165) is 12.8 Å². The fourth-order valence-corrected chi connectivity index (χ4v) is 1.75. The summed E-state index contributed by atoms with van der Waals surface area (Å²) in [6, 6.07) is 0. The fraction of sp³-hybridized carbons (Fsp3) is 0.923. The Balaban J connectivity index is 0. The minimum absolute atomic E-state index is 0. The van der Waals surface area contributed by atoms with Gasteiger partial charge in [-0.1, -0.05) is 64.7 Å². The maximum atomic E-state index is 10.0. The van der Waals surface area contributed by atoms with Crippen LogP contribution in [0.3, 0.4) is 0 Å². The van der Waals surface area contributed by atoms with E-state index in [0.29, 0.717) is 6.61 Å². The first-order valence-corrected chi connectivity index (χ1v) is 6.63. The van der Waals surface area contributed by atoms with E-state index < -0.39 is 6.16 Å². The summed E-state index contributed by atoms with van der Waals surface area (Å²) >= 11 is 0. The lowest BCUT2D eigenvalue weighted by atomic mass is 10.1. The highest BCUT2D eigenvalue weighted by Crippen LogP contribution is 2.10. The van der Waals surface area contributed by atoms with Crippen LogP contribution in [0.25, 0.3) is 0 Å². The third-order valence-corrected chi connectivity index (χ3v) is 2.72. The second-order valence-corrected chi connectivity index (χ2v) is 4.30. The Labute approximate surface area is 105 Å². The smallest absolute Gasteiger partial charge is 0.450 e. The van der Waals surface area contributed by atoms with Crippen LogP contribution in [0.5, 0.6) is 0 Å². The lowest BCUT2D eigenvalue weighted by Gasteiger charge is -2.02. The molecule has 4 nitrogen and oxygen atoms in total. The lowest BCUT2D eigenvalue weighted by Crippen LogP contribution is -2.01. The Morgan fingerprint density at radius 1 is 0.882 bits per heavy atom. The normalized spacial score (nSPS) is 9.71. The van der Waals surface area contributed by atoms with Crippen LogP contribution in [-0.4, -0.2) is 17.9 Å². The third kappa shape index (κ3) is 17.8. The zero-order valence-electron chi connectivity index (χ0n) is 11.2. The van der Waals surface area contributed by atoms with E-state index in [1.54, 1.807) is 0 Å². The average Bonchev–Trinajstić information content (AvgIpc) is 2.25. The van der Waals surface area contributed by atoms with Crippen molar-refractivity contribution in [3.8, 4) is 0 Å². The fourth-order valence-electron chi connectivity index (χ4n) is 1.75. The minimum Gasteiger partial charge on any atom is -0.450 e. The van der Waals surface area contributed by atoms with Crippen LogP contribution >= 0.6 is 0 Å². The van der Waals surface area contributed by atoms with Gasteiger partial charge in [0.25, 0.3) is 0 Å². The largest absolute Gasteiger partial charge is 0.505 e. The SMILES string of the molecule is CCCCCCCCCCCCOC(=O)O.N. The van der Waals surface area contributed by atoms with E-state index in [9.17, 15) is 4.79 Å². The summed E-state index contributed by atoms with van der Waals surface area (Å²) in [4.78, 5) is 10.0. The van der Waals surface area contributed by atoms with Gasteiger partial charge < -0.3 is 16.0 Å². The molecule has 4 heteroatoms. The number of unbranched alkanes of at least 4 members (excludes halogenated alkanes) is 9. The Hall–Kier alpha value is -0.770. The molecule has 0 unspecified atom stereocenters. The molecular weight excluding hydrogens is 218 g/mol. The van der Waals surface area contributed by atoms with E-state index >= 15 is 0 Å². The van der Waals surface area contributed by atoms with Crippen LogP contribution in [0.2, 0.25) is 0 Å². The van der Waals surface area contributed by atoms with Crippen molar-refractivity contribution in [3.05, 3.63) is 0 Å². The zero-order valence-corrected chi connectivity index (χ0v) is 11.2. The minimum atomic E-state index is -1.16. The molecule has 17 heavy (non-hydrogen) atoms. The Morgan fingerprint density at radius 3 is 1.71 bits per heavy atom.